The minimum Gasteiger partial charge on any atom is -0.469 e. The van der Waals surface area contributed by atoms with Crippen molar-refractivity contribution in [3.05, 3.63) is 24.2 Å². The first kappa shape index (κ1) is 11.3. The molecule has 2 aliphatic heterocycles. The molecule has 1 N–H and O–H groups in total. The van der Waals surface area contributed by atoms with Crippen LogP contribution in [0.15, 0.2) is 22.8 Å². The van der Waals surface area contributed by atoms with Crippen molar-refractivity contribution < 1.29 is 4.42 Å². The van der Waals surface area contributed by atoms with Crippen molar-refractivity contribution in [2.45, 2.75) is 38.3 Å². The lowest BCUT2D eigenvalue weighted by atomic mass is 9.90. The van der Waals surface area contributed by atoms with Gasteiger partial charge in [0.2, 0.25) is 0 Å². The van der Waals surface area contributed by atoms with Gasteiger partial charge in [0, 0.05) is 25.0 Å². The third-order valence-corrected chi connectivity index (χ3v) is 4.36. The fourth-order valence-electron chi connectivity index (χ4n) is 3.49. The van der Waals surface area contributed by atoms with E-state index in [1.165, 1.54) is 32.5 Å². The van der Waals surface area contributed by atoms with Gasteiger partial charge in [-0.1, -0.05) is 0 Å². The minimum absolute atomic E-state index is 0.592. The molecule has 2 aliphatic rings. The van der Waals surface area contributed by atoms with Gasteiger partial charge in [-0.3, -0.25) is 4.90 Å². The summed E-state index contributed by atoms with van der Waals surface area (Å²) in [7, 11) is 0. The van der Waals surface area contributed by atoms with Gasteiger partial charge in [0.15, 0.2) is 0 Å². The van der Waals surface area contributed by atoms with Crippen LogP contribution in [-0.4, -0.2) is 36.6 Å². The van der Waals surface area contributed by atoms with E-state index in [9.17, 15) is 0 Å². The van der Waals surface area contributed by atoms with Crippen LogP contribution in [-0.2, 0) is 6.42 Å². The monoisotopic (exact) mass is 234 g/mol. The molecule has 0 aromatic carbocycles. The molecule has 3 nitrogen and oxygen atoms in total. The summed E-state index contributed by atoms with van der Waals surface area (Å²) >= 11 is 0. The first-order chi connectivity index (χ1) is 8.34. The van der Waals surface area contributed by atoms with Gasteiger partial charge in [0.1, 0.15) is 5.76 Å². The van der Waals surface area contributed by atoms with E-state index >= 15 is 0 Å². The van der Waals surface area contributed by atoms with Crippen molar-refractivity contribution >= 4 is 0 Å². The molecule has 0 spiro atoms. The first-order valence-electron chi connectivity index (χ1n) is 6.83. The molecular weight excluding hydrogens is 212 g/mol. The van der Waals surface area contributed by atoms with Gasteiger partial charge in [0.25, 0.3) is 0 Å². The fourth-order valence-corrected chi connectivity index (χ4v) is 3.49. The second kappa shape index (κ2) is 4.83. The highest BCUT2D eigenvalue weighted by atomic mass is 16.3. The third-order valence-electron chi connectivity index (χ3n) is 4.36. The molecule has 94 valence electrons. The molecule has 0 saturated carbocycles. The minimum atomic E-state index is 0.592. The molecule has 2 saturated heterocycles. The van der Waals surface area contributed by atoms with E-state index in [0.717, 1.165) is 24.1 Å². The van der Waals surface area contributed by atoms with Crippen molar-refractivity contribution in [3.8, 4) is 0 Å². The number of rotatable bonds is 3. The molecular formula is C14H22N2O. The Labute approximate surface area is 103 Å². The van der Waals surface area contributed by atoms with E-state index in [0.29, 0.717) is 6.04 Å². The zero-order valence-corrected chi connectivity index (χ0v) is 10.6. The average Bonchev–Trinajstić information content (AvgIpc) is 2.97. The number of hydrogen-bond acceptors (Lipinski definition) is 3. The standard InChI is InChI=1S/C14H22N2O/c1-11(8-13-5-3-7-17-13)16-6-2-4-12-9-15-10-14(12)16/h3,5,7,11-12,14-15H,2,4,6,8-10H2,1H3. The summed E-state index contributed by atoms with van der Waals surface area (Å²) in [6.07, 6.45) is 5.57. The summed E-state index contributed by atoms with van der Waals surface area (Å²) in [5.41, 5.74) is 0. The van der Waals surface area contributed by atoms with Gasteiger partial charge in [0.05, 0.1) is 6.26 Å². The Balaban J connectivity index is 1.66. The van der Waals surface area contributed by atoms with Crippen LogP contribution in [0.4, 0.5) is 0 Å². The van der Waals surface area contributed by atoms with Gasteiger partial charge in [-0.05, 0) is 50.9 Å². The first-order valence-corrected chi connectivity index (χ1v) is 6.83. The molecule has 3 atom stereocenters. The van der Waals surface area contributed by atoms with Crippen molar-refractivity contribution in [2.75, 3.05) is 19.6 Å². The Hall–Kier alpha value is -0.800. The van der Waals surface area contributed by atoms with Crippen molar-refractivity contribution in [1.82, 2.24) is 10.2 Å². The van der Waals surface area contributed by atoms with Gasteiger partial charge < -0.3 is 9.73 Å². The van der Waals surface area contributed by atoms with Crippen LogP contribution in [0.2, 0.25) is 0 Å². The summed E-state index contributed by atoms with van der Waals surface area (Å²) in [5, 5.41) is 3.54. The number of likely N-dealkylation sites (tertiary alicyclic amines) is 1. The Kier molecular flexibility index (Phi) is 3.21. The van der Waals surface area contributed by atoms with E-state index in [1.54, 1.807) is 6.26 Å². The zero-order chi connectivity index (χ0) is 11.7. The largest absolute Gasteiger partial charge is 0.469 e. The van der Waals surface area contributed by atoms with Crippen LogP contribution < -0.4 is 5.32 Å². The molecule has 0 radical (unpaired) electrons. The molecule has 0 amide bonds. The molecule has 17 heavy (non-hydrogen) atoms. The Morgan fingerprint density at radius 3 is 3.29 bits per heavy atom. The number of piperidine rings is 1. The quantitative estimate of drug-likeness (QED) is 0.866. The fraction of sp³-hybridized carbons (Fsp3) is 0.714. The lowest BCUT2D eigenvalue weighted by molar-refractivity contribution is 0.0825. The van der Waals surface area contributed by atoms with E-state index in [-0.39, 0.29) is 0 Å². The Morgan fingerprint density at radius 2 is 2.47 bits per heavy atom. The van der Waals surface area contributed by atoms with Gasteiger partial charge in [-0.2, -0.15) is 0 Å². The topological polar surface area (TPSA) is 28.4 Å². The Bertz CT molecular complexity index is 349. The predicted octanol–water partition coefficient (Wildman–Crippen LogP) is 1.89. The molecule has 1 aromatic heterocycles. The molecule has 0 bridgehead atoms. The van der Waals surface area contributed by atoms with E-state index in [1.807, 2.05) is 6.07 Å². The van der Waals surface area contributed by atoms with Crippen LogP contribution in [0, 0.1) is 5.92 Å². The van der Waals surface area contributed by atoms with Crippen LogP contribution in [0.3, 0.4) is 0 Å². The van der Waals surface area contributed by atoms with Crippen molar-refractivity contribution in [3.63, 3.8) is 0 Å². The smallest absolute Gasteiger partial charge is 0.105 e. The number of furan rings is 1. The van der Waals surface area contributed by atoms with Crippen molar-refractivity contribution in [2.24, 2.45) is 5.92 Å². The SMILES string of the molecule is CC(Cc1ccco1)N1CCCC2CNCC21. The maximum absolute atomic E-state index is 5.46. The second-order valence-corrected chi connectivity index (χ2v) is 5.50. The number of fused-ring (bicyclic) bond motifs is 1. The molecule has 3 rings (SSSR count). The van der Waals surface area contributed by atoms with Crippen molar-refractivity contribution in [1.29, 1.82) is 0 Å². The highest BCUT2D eigenvalue weighted by Crippen LogP contribution is 2.28. The molecule has 2 fully saturated rings. The van der Waals surface area contributed by atoms with E-state index < -0.39 is 0 Å². The van der Waals surface area contributed by atoms with E-state index in [2.05, 4.69) is 23.2 Å². The predicted molar refractivity (Wildman–Crippen MR) is 68.0 cm³/mol. The van der Waals surface area contributed by atoms with Gasteiger partial charge in [-0.15, -0.1) is 0 Å². The lowest BCUT2D eigenvalue weighted by Crippen LogP contribution is -2.50. The van der Waals surface area contributed by atoms with Gasteiger partial charge in [-0.25, -0.2) is 0 Å². The summed E-state index contributed by atoms with van der Waals surface area (Å²) in [6, 6.07) is 5.42. The van der Waals surface area contributed by atoms with Crippen LogP contribution in [0.5, 0.6) is 0 Å². The number of nitrogens with one attached hydrogen (secondary N) is 1. The average molecular weight is 234 g/mol. The normalized spacial score (nSPS) is 31.4. The highest BCUT2D eigenvalue weighted by molar-refractivity contribution is 5.02. The second-order valence-electron chi connectivity index (χ2n) is 5.50. The zero-order valence-electron chi connectivity index (χ0n) is 10.6. The number of nitrogens with zero attached hydrogens (tertiary/aromatic N) is 1. The summed E-state index contributed by atoms with van der Waals surface area (Å²) in [5.74, 6) is 1.99. The van der Waals surface area contributed by atoms with Crippen LogP contribution in [0.25, 0.3) is 0 Å². The van der Waals surface area contributed by atoms with Crippen LogP contribution >= 0.6 is 0 Å². The molecule has 1 aromatic rings. The molecule has 3 unspecified atom stereocenters. The maximum atomic E-state index is 5.46. The molecule has 3 heterocycles. The third kappa shape index (κ3) is 2.26. The lowest BCUT2D eigenvalue weighted by Gasteiger charge is -2.40. The molecule has 0 aliphatic carbocycles. The summed E-state index contributed by atoms with van der Waals surface area (Å²) in [6.45, 7) is 5.98. The maximum Gasteiger partial charge on any atom is 0.105 e. The van der Waals surface area contributed by atoms with Gasteiger partial charge >= 0.3 is 0 Å². The molecule has 3 heteroatoms. The Morgan fingerprint density at radius 1 is 1.53 bits per heavy atom. The van der Waals surface area contributed by atoms with E-state index in [4.69, 9.17) is 4.42 Å². The highest BCUT2D eigenvalue weighted by Gasteiger charge is 2.36. The number of hydrogen-bond donors (Lipinski definition) is 1. The summed E-state index contributed by atoms with van der Waals surface area (Å²) < 4.78 is 5.46. The summed E-state index contributed by atoms with van der Waals surface area (Å²) in [4.78, 5) is 2.69. The van der Waals surface area contributed by atoms with Crippen LogP contribution in [0.1, 0.15) is 25.5 Å².